The van der Waals surface area contributed by atoms with Gasteiger partial charge in [-0.1, -0.05) is 12.1 Å². The minimum Gasteiger partial charge on any atom is -0.492 e. The van der Waals surface area contributed by atoms with Crippen molar-refractivity contribution < 1.29 is 9.53 Å². The summed E-state index contributed by atoms with van der Waals surface area (Å²) in [6.45, 7) is 3.63. The van der Waals surface area contributed by atoms with E-state index in [1.165, 1.54) is 0 Å². The number of rotatable bonds is 7. The van der Waals surface area contributed by atoms with Gasteiger partial charge >= 0.3 is 0 Å². The van der Waals surface area contributed by atoms with E-state index in [2.05, 4.69) is 38.9 Å². The molecule has 2 aromatic heterocycles. The second-order valence-corrected chi connectivity index (χ2v) is 9.70. The lowest BCUT2D eigenvalue weighted by Crippen LogP contribution is -2.46. The zero-order valence-electron chi connectivity index (χ0n) is 20.0. The first kappa shape index (κ1) is 21.8. The molecule has 0 radical (unpaired) electrons. The summed E-state index contributed by atoms with van der Waals surface area (Å²) in [7, 11) is 1.94. The highest BCUT2D eigenvalue weighted by atomic mass is 16.5. The molecule has 7 heteroatoms. The van der Waals surface area contributed by atoms with Crippen LogP contribution in [0.25, 0.3) is 22.2 Å². The van der Waals surface area contributed by atoms with Crippen molar-refractivity contribution in [3.63, 3.8) is 0 Å². The molecule has 35 heavy (non-hydrogen) atoms. The number of hydrogen-bond acceptors (Lipinski definition) is 5. The monoisotopic (exact) mass is 467 g/mol. The van der Waals surface area contributed by atoms with Gasteiger partial charge in [-0.2, -0.15) is 5.10 Å². The molecule has 4 aromatic rings. The van der Waals surface area contributed by atoms with Crippen molar-refractivity contribution in [2.75, 3.05) is 13.2 Å². The number of carbonyl (C=O) groups is 1. The molecule has 1 saturated carbocycles. The average Bonchev–Trinajstić information content (AvgIpc) is 3.48. The summed E-state index contributed by atoms with van der Waals surface area (Å²) in [6.07, 6.45) is 6.51. The predicted octanol–water partition coefficient (Wildman–Crippen LogP) is 4.10. The van der Waals surface area contributed by atoms with Crippen LogP contribution in [-0.2, 0) is 12.6 Å². The third-order valence-corrected chi connectivity index (χ3v) is 7.29. The van der Waals surface area contributed by atoms with Gasteiger partial charge < -0.3 is 15.4 Å². The second-order valence-electron chi connectivity index (χ2n) is 9.70. The highest BCUT2D eigenvalue weighted by Crippen LogP contribution is 2.49. The smallest absolute Gasteiger partial charge is 0.252 e. The first-order valence-corrected chi connectivity index (χ1v) is 12.2. The number of benzene rings is 2. The van der Waals surface area contributed by atoms with Crippen molar-refractivity contribution in [3.8, 4) is 17.0 Å². The molecule has 0 bridgehead atoms. The Bertz CT molecular complexity index is 1420. The largest absolute Gasteiger partial charge is 0.492 e. The number of nitrogens with zero attached hydrogens (tertiary/aromatic N) is 3. The lowest BCUT2D eigenvalue weighted by atomic mass is 9.94. The molecular formula is C28H29N5O2. The third-order valence-electron chi connectivity index (χ3n) is 7.29. The van der Waals surface area contributed by atoms with Gasteiger partial charge in [0.2, 0.25) is 0 Å². The van der Waals surface area contributed by atoms with Crippen LogP contribution in [0.5, 0.6) is 5.75 Å². The molecule has 7 nitrogen and oxygen atoms in total. The third kappa shape index (κ3) is 4.06. The van der Waals surface area contributed by atoms with Crippen LogP contribution in [0.15, 0.2) is 60.9 Å². The van der Waals surface area contributed by atoms with Gasteiger partial charge in [-0.3, -0.25) is 14.5 Å². The summed E-state index contributed by atoms with van der Waals surface area (Å²) in [5.74, 6) is 0.655. The van der Waals surface area contributed by atoms with Crippen LogP contribution < -0.4 is 15.4 Å². The Balaban J connectivity index is 1.32. The van der Waals surface area contributed by atoms with E-state index in [1.807, 2.05) is 55.2 Å². The fraction of sp³-hybridized carbons (Fsp3) is 0.321. The number of aromatic nitrogens is 3. The molecule has 0 spiro atoms. The van der Waals surface area contributed by atoms with E-state index in [1.54, 1.807) is 6.20 Å². The maximum absolute atomic E-state index is 13.5. The maximum Gasteiger partial charge on any atom is 0.252 e. The van der Waals surface area contributed by atoms with Gasteiger partial charge in [0.15, 0.2) is 0 Å². The zero-order chi connectivity index (χ0) is 24.0. The summed E-state index contributed by atoms with van der Waals surface area (Å²) < 4.78 is 7.81. The van der Waals surface area contributed by atoms with Crippen molar-refractivity contribution in [2.45, 2.75) is 37.8 Å². The van der Waals surface area contributed by atoms with Gasteiger partial charge in [0.25, 0.3) is 5.91 Å². The Morgan fingerprint density at radius 1 is 1.20 bits per heavy atom. The van der Waals surface area contributed by atoms with Gasteiger partial charge in [0.05, 0.1) is 16.7 Å². The predicted molar refractivity (Wildman–Crippen MR) is 135 cm³/mol. The molecule has 2 N–H and O–H groups in total. The van der Waals surface area contributed by atoms with Crippen molar-refractivity contribution in [2.24, 2.45) is 7.05 Å². The molecule has 3 heterocycles. The summed E-state index contributed by atoms with van der Waals surface area (Å²) in [6, 6.07) is 16.5. The van der Waals surface area contributed by atoms with E-state index in [0.717, 1.165) is 64.8 Å². The average molecular weight is 468 g/mol. The molecule has 178 valence electrons. The van der Waals surface area contributed by atoms with Crippen molar-refractivity contribution >= 4 is 16.8 Å². The van der Waals surface area contributed by atoms with Crippen LogP contribution in [0, 0.1) is 6.92 Å². The molecule has 1 aliphatic heterocycles. The van der Waals surface area contributed by atoms with Crippen molar-refractivity contribution in [3.05, 3.63) is 77.6 Å². The van der Waals surface area contributed by atoms with E-state index in [4.69, 9.17) is 4.74 Å². The fourth-order valence-electron chi connectivity index (χ4n) is 4.88. The van der Waals surface area contributed by atoms with Gasteiger partial charge in [-0.05, 0) is 80.3 Å². The summed E-state index contributed by atoms with van der Waals surface area (Å²) in [5.41, 5.74) is 5.26. The van der Waals surface area contributed by atoms with Gasteiger partial charge in [-0.25, -0.2) is 0 Å². The minimum atomic E-state index is -0.411. The quantitative estimate of drug-likeness (QED) is 0.428. The van der Waals surface area contributed by atoms with Crippen molar-refractivity contribution in [1.29, 1.82) is 0 Å². The number of aryl methyl sites for hydroxylation is 2. The van der Waals surface area contributed by atoms with Crippen LogP contribution in [0.3, 0.4) is 0 Å². The SMILES string of the molecule is Cc1ccc(OC[C@@H]2CCN2)cc1C(=O)NC1(c2cc(-c3ccnn3C)cc3ncccc23)CC1. The Morgan fingerprint density at radius 2 is 2.06 bits per heavy atom. The van der Waals surface area contributed by atoms with E-state index in [-0.39, 0.29) is 5.91 Å². The molecular weight excluding hydrogens is 438 g/mol. The van der Waals surface area contributed by atoms with E-state index >= 15 is 0 Å². The van der Waals surface area contributed by atoms with Crippen LogP contribution in [-0.4, -0.2) is 39.9 Å². The molecule has 2 fully saturated rings. The Morgan fingerprint density at radius 3 is 2.77 bits per heavy atom. The maximum atomic E-state index is 13.5. The molecule has 1 saturated heterocycles. The summed E-state index contributed by atoms with van der Waals surface area (Å²) in [4.78, 5) is 18.2. The van der Waals surface area contributed by atoms with E-state index in [9.17, 15) is 4.79 Å². The standard InChI is InChI=1S/C28H29N5O2/c1-18-5-6-21(35-17-20-7-12-29-20)16-23(18)27(34)32-28(9-10-28)24-14-19(26-8-13-31-33(26)2)15-25-22(24)4-3-11-30-25/h3-6,8,11,13-16,20,29H,7,9-10,12,17H2,1-2H3,(H,32,34)/t20-/m0/s1. The molecule has 2 aromatic carbocycles. The van der Waals surface area contributed by atoms with Crippen LogP contribution in [0.2, 0.25) is 0 Å². The minimum absolute atomic E-state index is 0.0739. The summed E-state index contributed by atoms with van der Waals surface area (Å²) in [5, 5.41) is 12.1. The van der Waals surface area contributed by atoms with Gasteiger partial charge in [-0.15, -0.1) is 0 Å². The second kappa shape index (κ2) is 8.50. The molecule has 2 aliphatic rings. The lowest BCUT2D eigenvalue weighted by molar-refractivity contribution is 0.0930. The number of amides is 1. The Kier molecular flexibility index (Phi) is 5.29. The first-order valence-electron chi connectivity index (χ1n) is 12.2. The van der Waals surface area contributed by atoms with Gasteiger partial charge in [0, 0.05) is 42.0 Å². The van der Waals surface area contributed by atoms with E-state index < -0.39 is 5.54 Å². The zero-order valence-corrected chi connectivity index (χ0v) is 20.0. The number of nitrogens with one attached hydrogen (secondary N) is 2. The number of pyridine rings is 1. The molecule has 1 aliphatic carbocycles. The number of hydrogen-bond donors (Lipinski definition) is 2. The molecule has 0 unspecified atom stereocenters. The number of carbonyl (C=O) groups excluding carboxylic acids is 1. The van der Waals surface area contributed by atoms with E-state index in [0.29, 0.717) is 18.2 Å². The Hall–Kier alpha value is -3.71. The van der Waals surface area contributed by atoms with Crippen LogP contribution in [0.1, 0.15) is 40.7 Å². The van der Waals surface area contributed by atoms with Crippen LogP contribution in [0.4, 0.5) is 0 Å². The molecule has 1 atom stereocenters. The highest BCUT2D eigenvalue weighted by molar-refractivity contribution is 5.98. The van der Waals surface area contributed by atoms with Crippen molar-refractivity contribution in [1.82, 2.24) is 25.4 Å². The lowest BCUT2D eigenvalue weighted by Gasteiger charge is -2.27. The Labute approximate surface area is 204 Å². The highest BCUT2D eigenvalue weighted by Gasteiger charge is 2.47. The summed E-state index contributed by atoms with van der Waals surface area (Å²) >= 11 is 0. The number of ether oxygens (including phenoxy) is 1. The van der Waals surface area contributed by atoms with Gasteiger partial charge in [0.1, 0.15) is 12.4 Å². The topological polar surface area (TPSA) is 81.1 Å². The normalized spacial score (nSPS) is 18.2. The first-order chi connectivity index (χ1) is 17.0. The molecule has 1 amide bonds. The molecule has 6 rings (SSSR count). The van der Waals surface area contributed by atoms with Crippen LogP contribution >= 0.6 is 0 Å². The fourth-order valence-corrected chi connectivity index (χ4v) is 4.88. The number of fused-ring (bicyclic) bond motifs is 1.